The second-order valence-electron chi connectivity index (χ2n) is 6.67. The molecule has 0 N–H and O–H groups in total. The van der Waals surface area contributed by atoms with Gasteiger partial charge in [0.2, 0.25) is 0 Å². The van der Waals surface area contributed by atoms with Gasteiger partial charge in [-0.1, -0.05) is 44.2 Å². The number of fused-ring (bicyclic) bond motifs is 1. The first kappa shape index (κ1) is 17.3. The van der Waals surface area contributed by atoms with E-state index in [1.807, 2.05) is 17.0 Å². The summed E-state index contributed by atoms with van der Waals surface area (Å²) >= 11 is 0. The van der Waals surface area contributed by atoms with E-state index >= 15 is 0 Å². The molecule has 1 heterocycles. The van der Waals surface area contributed by atoms with Crippen LogP contribution in [-0.2, 0) is 6.42 Å². The van der Waals surface area contributed by atoms with E-state index in [4.69, 9.17) is 9.47 Å². The molecule has 0 bridgehead atoms. The minimum absolute atomic E-state index is 0.0393. The molecule has 25 heavy (non-hydrogen) atoms. The molecule has 3 rings (SSSR count). The number of nitrogens with zero attached hydrogens (tertiary/aromatic N) is 1. The van der Waals surface area contributed by atoms with Gasteiger partial charge in [-0.2, -0.15) is 0 Å². The van der Waals surface area contributed by atoms with Crippen molar-refractivity contribution in [2.45, 2.75) is 26.3 Å². The molecule has 2 aromatic rings. The fourth-order valence-corrected chi connectivity index (χ4v) is 3.75. The fourth-order valence-electron chi connectivity index (χ4n) is 3.75. The minimum Gasteiger partial charge on any atom is -0.496 e. The van der Waals surface area contributed by atoms with Crippen LogP contribution < -0.4 is 9.47 Å². The van der Waals surface area contributed by atoms with Crippen molar-refractivity contribution in [2.24, 2.45) is 5.92 Å². The third kappa shape index (κ3) is 3.09. The molecule has 4 nitrogen and oxygen atoms in total. The number of hydrogen-bond acceptors (Lipinski definition) is 3. The highest BCUT2D eigenvalue weighted by Gasteiger charge is 2.35. The van der Waals surface area contributed by atoms with Crippen LogP contribution in [0.25, 0.3) is 0 Å². The molecule has 2 aromatic carbocycles. The van der Waals surface area contributed by atoms with Crippen molar-refractivity contribution < 1.29 is 14.3 Å². The Morgan fingerprint density at radius 2 is 1.68 bits per heavy atom. The van der Waals surface area contributed by atoms with E-state index in [1.165, 1.54) is 11.1 Å². The highest BCUT2D eigenvalue weighted by molar-refractivity contribution is 6.00. The number of hydrogen-bond donors (Lipinski definition) is 0. The highest BCUT2D eigenvalue weighted by Crippen LogP contribution is 2.38. The number of carbonyl (C=O) groups excluding carboxylic acids is 1. The van der Waals surface area contributed by atoms with Crippen molar-refractivity contribution in [3.05, 3.63) is 59.2 Å². The highest BCUT2D eigenvalue weighted by atomic mass is 16.5. The molecule has 0 saturated heterocycles. The second kappa shape index (κ2) is 7.18. The van der Waals surface area contributed by atoms with Crippen LogP contribution in [0.2, 0.25) is 0 Å². The van der Waals surface area contributed by atoms with Crippen LogP contribution >= 0.6 is 0 Å². The third-order valence-corrected chi connectivity index (χ3v) is 4.87. The van der Waals surface area contributed by atoms with Crippen molar-refractivity contribution in [3.8, 4) is 11.5 Å². The Balaban J connectivity index is 2.06. The topological polar surface area (TPSA) is 38.8 Å². The third-order valence-electron chi connectivity index (χ3n) is 4.87. The summed E-state index contributed by atoms with van der Waals surface area (Å²) in [5.41, 5.74) is 3.07. The van der Waals surface area contributed by atoms with Crippen LogP contribution in [0.1, 0.15) is 41.4 Å². The van der Waals surface area contributed by atoms with Gasteiger partial charge in [0.15, 0.2) is 0 Å². The molecule has 0 aromatic heterocycles. The van der Waals surface area contributed by atoms with Crippen LogP contribution in [0.3, 0.4) is 0 Å². The molecule has 0 spiro atoms. The molecule has 1 aliphatic heterocycles. The van der Waals surface area contributed by atoms with Gasteiger partial charge in [0, 0.05) is 6.54 Å². The standard InChI is InChI=1S/C21H25NO3/c1-14(2)20-16-9-6-5-8-15(16)12-13-22(20)21(23)19-17(24-3)10-7-11-18(19)25-4/h5-11,14,20H,12-13H2,1-4H3. The molecular formula is C21H25NO3. The Morgan fingerprint density at radius 1 is 1.04 bits per heavy atom. The number of ether oxygens (including phenoxy) is 2. The van der Waals surface area contributed by atoms with Crippen molar-refractivity contribution in [1.82, 2.24) is 4.90 Å². The molecule has 1 amide bonds. The lowest BCUT2D eigenvalue weighted by atomic mass is 9.86. The summed E-state index contributed by atoms with van der Waals surface area (Å²) in [6.45, 7) is 5.01. The largest absolute Gasteiger partial charge is 0.496 e. The number of carbonyl (C=O) groups is 1. The Hall–Kier alpha value is -2.49. The maximum Gasteiger partial charge on any atom is 0.261 e. The van der Waals surface area contributed by atoms with E-state index in [9.17, 15) is 4.79 Å². The lowest BCUT2D eigenvalue weighted by molar-refractivity contribution is 0.0596. The minimum atomic E-state index is -0.0393. The normalized spacial score (nSPS) is 16.5. The van der Waals surface area contributed by atoms with Gasteiger partial charge in [0.1, 0.15) is 17.1 Å². The predicted molar refractivity (Wildman–Crippen MR) is 98.3 cm³/mol. The monoisotopic (exact) mass is 339 g/mol. The van der Waals surface area contributed by atoms with Gasteiger partial charge in [-0.15, -0.1) is 0 Å². The Bertz CT molecular complexity index is 747. The van der Waals surface area contributed by atoms with Gasteiger partial charge in [-0.3, -0.25) is 4.79 Å². The average Bonchev–Trinajstić information content (AvgIpc) is 2.65. The van der Waals surface area contributed by atoms with E-state index in [-0.39, 0.29) is 11.9 Å². The zero-order valence-corrected chi connectivity index (χ0v) is 15.3. The first-order valence-electron chi connectivity index (χ1n) is 8.68. The SMILES string of the molecule is COc1cccc(OC)c1C(=O)N1CCc2ccccc2C1C(C)C. The number of amides is 1. The van der Waals surface area contributed by atoms with Crippen LogP contribution in [0.15, 0.2) is 42.5 Å². The molecule has 1 aliphatic rings. The maximum absolute atomic E-state index is 13.4. The number of methoxy groups -OCH3 is 2. The van der Waals surface area contributed by atoms with Crippen LogP contribution in [0.5, 0.6) is 11.5 Å². The molecular weight excluding hydrogens is 314 g/mol. The Kier molecular flexibility index (Phi) is 4.98. The summed E-state index contributed by atoms with van der Waals surface area (Å²) in [5.74, 6) is 1.37. The lowest BCUT2D eigenvalue weighted by Crippen LogP contribution is -2.42. The molecule has 0 aliphatic carbocycles. The summed E-state index contributed by atoms with van der Waals surface area (Å²) in [5, 5.41) is 0. The van der Waals surface area contributed by atoms with E-state index < -0.39 is 0 Å². The second-order valence-corrected chi connectivity index (χ2v) is 6.67. The molecule has 4 heteroatoms. The zero-order chi connectivity index (χ0) is 18.0. The lowest BCUT2D eigenvalue weighted by Gasteiger charge is -2.40. The van der Waals surface area contributed by atoms with Crippen molar-refractivity contribution in [2.75, 3.05) is 20.8 Å². The van der Waals surface area contributed by atoms with Gasteiger partial charge in [0.05, 0.1) is 20.3 Å². The summed E-state index contributed by atoms with van der Waals surface area (Å²) in [7, 11) is 3.16. The van der Waals surface area contributed by atoms with Gasteiger partial charge in [-0.05, 0) is 35.6 Å². The summed E-state index contributed by atoms with van der Waals surface area (Å²) < 4.78 is 10.9. The first-order chi connectivity index (χ1) is 12.1. The molecule has 0 radical (unpaired) electrons. The first-order valence-corrected chi connectivity index (χ1v) is 8.68. The van der Waals surface area contributed by atoms with Gasteiger partial charge in [-0.25, -0.2) is 0 Å². The quantitative estimate of drug-likeness (QED) is 0.842. The summed E-state index contributed by atoms with van der Waals surface area (Å²) in [6, 6.07) is 13.9. The molecule has 0 fully saturated rings. The Labute approximate surface area is 149 Å². The van der Waals surface area contributed by atoms with Gasteiger partial charge >= 0.3 is 0 Å². The van der Waals surface area contributed by atoms with Gasteiger partial charge in [0.25, 0.3) is 5.91 Å². The van der Waals surface area contributed by atoms with E-state index in [2.05, 4.69) is 32.0 Å². The number of rotatable bonds is 4. The van der Waals surface area contributed by atoms with Crippen LogP contribution in [0.4, 0.5) is 0 Å². The van der Waals surface area contributed by atoms with Crippen molar-refractivity contribution >= 4 is 5.91 Å². The Morgan fingerprint density at radius 3 is 2.28 bits per heavy atom. The average molecular weight is 339 g/mol. The molecule has 1 atom stereocenters. The maximum atomic E-state index is 13.4. The van der Waals surface area contributed by atoms with Gasteiger partial charge < -0.3 is 14.4 Å². The summed E-state index contributed by atoms with van der Waals surface area (Å²) in [6.07, 6.45) is 0.864. The van der Waals surface area contributed by atoms with Crippen molar-refractivity contribution in [1.29, 1.82) is 0 Å². The number of benzene rings is 2. The van der Waals surface area contributed by atoms with Crippen molar-refractivity contribution in [3.63, 3.8) is 0 Å². The summed E-state index contributed by atoms with van der Waals surface area (Å²) in [4.78, 5) is 15.4. The van der Waals surface area contributed by atoms with Crippen LogP contribution in [0, 0.1) is 5.92 Å². The molecule has 132 valence electrons. The smallest absolute Gasteiger partial charge is 0.261 e. The van der Waals surface area contributed by atoms with E-state index in [0.717, 1.165) is 6.42 Å². The van der Waals surface area contributed by atoms with E-state index in [0.29, 0.717) is 29.5 Å². The van der Waals surface area contributed by atoms with Crippen LogP contribution in [-0.4, -0.2) is 31.6 Å². The fraction of sp³-hybridized carbons (Fsp3) is 0.381. The zero-order valence-electron chi connectivity index (χ0n) is 15.3. The molecule has 1 unspecified atom stereocenters. The predicted octanol–water partition coefficient (Wildman–Crippen LogP) is 4.10. The molecule has 0 saturated carbocycles. The van der Waals surface area contributed by atoms with E-state index in [1.54, 1.807) is 26.4 Å².